The first-order valence-electron chi connectivity index (χ1n) is 5.81. The van der Waals surface area contributed by atoms with E-state index in [9.17, 15) is 8.42 Å². The average Bonchev–Trinajstić information content (AvgIpc) is 2.27. The molecule has 1 fully saturated rings. The van der Waals surface area contributed by atoms with Gasteiger partial charge in [0, 0.05) is 33.2 Å². The standard InChI is InChI=1S/C10H23N3O2S/c1-11(2)9-10-12(3)16(14,15)13-7-5-4-6-8-13/h4-10H2,1-3H3. The van der Waals surface area contributed by atoms with Crippen molar-refractivity contribution in [2.75, 3.05) is 47.3 Å². The highest BCUT2D eigenvalue weighted by Gasteiger charge is 2.27. The first-order valence-corrected chi connectivity index (χ1v) is 7.20. The second-order valence-corrected chi connectivity index (χ2v) is 6.63. The summed E-state index contributed by atoms with van der Waals surface area (Å²) in [5, 5.41) is 0. The Bertz CT molecular complexity index is 297. The highest BCUT2D eigenvalue weighted by Crippen LogP contribution is 2.15. The van der Waals surface area contributed by atoms with Gasteiger partial charge in [0.25, 0.3) is 10.2 Å². The van der Waals surface area contributed by atoms with Crippen molar-refractivity contribution in [1.82, 2.24) is 13.5 Å². The van der Waals surface area contributed by atoms with Crippen molar-refractivity contribution in [3.63, 3.8) is 0 Å². The van der Waals surface area contributed by atoms with Gasteiger partial charge in [0.1, 0.15) is 0 Å². The van der Waals surface area contributed by atoms with Gasteiger partial charge >= 0.3 is 0 Å². The molecule has 0 radical (unpaired) electrons. The molecule has 5 nitrogen and oxygen atoms in total. The fraction of sp³-hybridized carbons (Fsp3) is 1.00. The van der Waals surface area contributed by atoms with Gasteiger partial charge < -0.3 is 4.90 Å². The molecule has 1 saturated heterocycles. The molecule has 0 unspecified atom stereocenters. The van der Waals surface area contributed by atoms with E-state index in [4.69, 9.17) is 0 Å². The molecule has 0 aromatic rings. The predicted molar refractivity (Wildman–Crippen MR) is 65.5 cm³/mol. The van der Waals surface area contributed by atoms with Crippen molar-refractivity contribution in [2.45, 2.75) is 19.3 Å². The van der Waals surface area contributed by atoms with Crippen LogP contribution in [-0.2, 0) is 10.2 Å². The van der Waals surface area contributed by atoms with Crippen LogP contribution in [0.5, 0.6) is 0 Å². The molecule has 0 aromatic heterocycles. The summed E-state index contributed by atoms with van der Waals surface area (Å²) < 4.78 is 27.3. The van der Waals surface area contributed by atoms with E-state index in [2.05, 4.69) is 0 Å². The maximum absolute atomic E-state index is 12.1. The molecule has 1 rings (SSSR count). The molecule has 1 heterocycles. The van der Waals surface area contributed by atoms with Crippen molar-refractivity contribution in [2.24, 2.45) is 0 Å². The molecule has 0 bridgehead atoms. The van der Waals surface area contributed by atoms with Crippen LogP contribution in [0, 0.1) is 0 Å². The summed E-state index contributed by atoms with van der Waals surface area (Å²) in [4.78, 5) is 1.99. The highest BCUT2D eigenvalue weighted by atomic mass is 32.2. The minimum atomic E-state index is -3.22. The fourth-order valence-corrected chi connectivity index (χ4v) is 3.18. The molecule has 0 atom stereocenters. The van der Waals surface area contributed by atoms with E-state index in [1.54, 1.807) is 11.4 Å². The maximum atomic E-state index is 12.1. The zero-order valence-electron chi connectivity index (χ0n) is 10.5. The van der Waals surface area contributed by atoms with Gasteiger partial charge in [0.05, 0.1) is 0 Å². The number of rotatable bonds is 5. The van der Waals surface area contributed by atoms with E-state index in [0.717, 1.165) is 25.8 Å². The summed E-state index contributed by atoms with van der Waals surface area (Å²) in [5.74, 6) is 0. The Balaban J connectivity index is 2.54. The number of hydrogen-bond donors (Lipinski definition) is 0. The van der Waals surface area contributed by atoms with Crippen LogP contribution in [0.3, 0.4) is 0 Å². The van der Waals surface area contributed by atoms with Crippen LogP contribution in [-0.4, -0.2) is 69.3 Å². The van der Waals surface area contributed by atoms with E-state index in [0.29, 0.717) is 19.6 Å². The SMILES string of the molecule is CN(C)CCN(C)S(=O)(=O)N1CCCCC1. The lowest BCUT2D eigenvalue weighted by Gasteiger charge is -2.30. The van der Waals surface area contributed by atoms with Gasteiger partial charge in [-0.05, 0) is 26.9 Å². The molecule has 1 aliphatic rings. The van der Waals surface area contributed by atoms with E-state index >= 15 is 0 Å². The Kier molecular flexibility index (Phi) is 5.17. The zero-order valence-corrected chi connectivity index (χ0v) is 11.3. The van der Waals surface area contributed by atoms with Crippen LogP contribution in [0.2, 0.25) is 0 Å². The second kappa shape index (κ2) is 5.95. The fourth-order valence-electron chi connectivity index (χ4n) is 1.75. The van der Waals surface area contributed by atoms with Gasteiger partial charge in [0.2, 0.25) is 0 Å². The number of hydrogen-bond acceptors (Lipinski definition) is 3. The monoisotopic (exact) mass is 249 g/mol. The molecule has 0 saturated carbocycles. The van der Waals surface area contributed by atoms with Crippen molar-refractivity contribution < 1.29 is 8.42 Å². The van der Waals surface area contributed by atoms with Crippen LogP contribution in [0.15, 0.2) is 0 Å². The van der Waals surface area contributed by atoms with E-state index in [1.165, 1.54) is 4.31 Å². The van der Waals surface area contributed by atoms with Gasteiger partial charge in [-0.3, -0.25) is 0 Å². The molecular weight excluding hydrogens is 226 g/mol. The summed E-state index contributed by atoms with van der Waals surface area (Å²) in [7, 11) is 2.33. The summed E-state index contributed by atoms with van der Waals surface area (Å²) in [6.45, 7) is 2.65. The number of nitrogens with zero attached hydrogens (tertiary/aromatic N) is 3. The van der Waals surface area contributed by atoms with Gasteiger partial charge in [-0.15, -0.1) is 0 Å². The van der Waals surface area contributed by atoms with Crippen molar-refractivity contribution >= 4 is 10.2 Å². The zero-order chi connectivity index (χ0) is 12.2. The summed E-state index contributed by atoms with van der Waals surface area (Å²) in [5.41, 5.74) is 0. The third kappa shape index (κ3) is 3.69. The van der Waals surface area contributed by atoms with Crippen LogP contribution < -0.4 is 0 Å². The van der Waals surface area contributed by atoms with E-state index < -0.39 is 10.2 Å². The Morgan fingerprint density at radius 2 is 1.56 bits per heavy atom. The minimum absolute atomic E-state index is 0.547. The number of likely N-dealkylation sites (N-methyl/N-ethyl adjacent to an activating group) is 2. The third-order valence-electron chi connectivity index (χ3n) is 2.90. The first kappa shape index (κ1) is 13.9. The van der Waals surface area contributed by atoms with Gasteiger partial charge in [-0.25, -0.2) is 0 Å². The molecule has 0 N–H and O–H groups in total. The van der Waals surface area contributed by atoms with Crippen molar-refractivity contribution in [3.05, 3.63) is 0 Å². The lowest BCUT2D eigenvalue weighted by molar-refractivity contribution is 0.301. The van der Waals surface area contributed by atoms with Gasteiger partial charge in [-0.1, -0.05) is 6.42 Å². The predicted octanol–water partition coefficient (Wildman–Crippen LogP) is 0.211. The molecule has 16 heavy (non-hydrogen) atoms. The van der Waals surface area contributed by atoms with E-state index in [-0.39, 0.29) is 0 Å². The molecule has 0 aliphatic carbocycles. The molecular formula is C10H23N3O2S. The molecule has 0 amide bonds. The molecule has 0 spiro atoms. The van der Waals surface area contributed by atoms with Crippen molar-refractivity contribution in [1.29, 1.82) is 0 Å². The first-order chi connectivity index (χ1) is 7.44. The average molecular weight is 249 g/mol. The molecule has 96 valence electrons. The maximum Gasteiger partial charge on any atom is 0.281 e. The molecule has 1 aliphatic heterocycles. The quantitative estimate of drug-likeness (QED) is 0.699. The van der Waals surface area contributed by atoms with Gasteiger partial charge in [-0.2, -0.15) is 17.0 Å². The Hall–Kier alpha value is -0.170. The lowest BCUT2D eigenvalue weighted by atomic mass is 10.2. The Morgan fingerprint density at radius 1 is 1.00 bits per heavy atom. The largest absolute Gasteiger partial charge is 0.308 e. The second-order valence-electron chi connectivity index (χ2n) is 4.59. The van der Waals surface area contributed by atoms with Gasteiger partial charge in [0.15, 0.2) is 0 Å². The third-order valence-corrected chi connectivity index (χ3v) is 4.89. The van der Waals surface area contributed by atoms with Crippen molar-refractivity contribution in [3.8, 4) is 0 Å². The minimum Gasteiger partial charge on any atom is -0.308 e. The van der Waals surface area contributed by atoms with E-state index in [1.807, 2.05) is 19.0 Å². The van der Waals surface area contributed by atoms with Crippen LogP contribution in [0.25, 0.3) is 0 Å². The Labute approximate surface area is 99.2 Å². The van der Waals surface area contributed by atoms with Crippen LogP contribution >= 0.6 is 0 Å². The van der Waals surface area contributed by atoms with Crippen LogP contribution in [0.1, 0.15) is 19.3 Å². The summed E-state index contributed by atoms with van der Waals surface area (Å²) >= 11 is 0. The topological polar surface area (TPSA) is 43.9 Å². The normalized spacial score (nSPS) is 19.6. The Morgan fingerprint density at radius 3 is 2.06 bits per heavy atom. The smallest absolute Gasteiger partial charge is 0.281 e. The lowest BCUT2D eigenvalue weighted by Crippen LogP contribution is -2.46. The summed E-state index contributed by atoms with van der Waals surface area (Å²) in [6, 6.07) is 0. The highest BCUT2D eigenvalue weighted by molar-refractivity contribution is 7.86. The number of piperidine rings is 1. The van der Waals surface area contributed by atoms with Crippen LogP contribution in [0.4, 0.5) is 0 Å². The molecule has 0 aromatic carbocycles. The molecule has 6 heteroatoms. The summed E-state index contributed by atoms with van der Waals surface area (Å²) in [6.07, 6.45) is 3.12.